The van der Waals surface area contributed by atoms with Gasteiger partial charge in [0.05, 0.1) is 0 Å². The van der Waals surface area contributed by atoms with Gasteiger partial charge >= 0.3 is 5.97 Å². The zero-order valence-corrected chi connectivity index (χ0v) is 6.85. The van der Waals surface area contributed by atoms with Gasteiger partial charge < -0.3 is 4.74 Å². The summed E-state index contributed by atoms with van der Waals surface area (Å²) in [5.41, 5.74) is 0. The van der Waals surface area contributed by atoms with E-state index in [2.05, 4.69) is 27.2 Å². The summed E-state index contributed by atoms with van der Waals surface area (Å²) >= 11 is 3.06. The molecule has 2 nitrogen and oxygen atoms in total. The Morgan fingerprint density at radius 1 is 2.00 bits per heavy atom. The van der Waals surface area contributed by atoms with Gasteiger partial charge in [-0.05, 0) is 6.92 Å². The molecule has 0 bridgehead atoms. The predicted molar refractivity (Wildman–Crippen MR) is 39.5 cm³/mol. The number of hydrogen-bond acceptors (Lipinski definition) is 2. The second kappa shape index (κ2) is 4.56. The highest BCUT2D eigenvalue weighted by atomic mass is 79.9. The third-order valence-electron chi connectivity index (χ3n) is 0.668. The van der Waals surface area contributed by atoms with E-state index in [1.54, 1.807) is 6.92 Å². The molecule has 0 saturated carbocycles. The van der Waals surface area contributed by atoms with E-state index in [0.29, 0.717) is 0 Å². The Morgan fingerprint density at radius 2 is 2.56 bits per heavy atom. The Hall–Kier alpha value is -0.310. The quantitative estimate of drug-likeness (QED) is 0.385. The monoisotopic (exact) mass is 192 g/mol. The van der Waals surface area contributed by atoms with Crippen LogP contribution >= 0.6 is 15.9 Å². The van der Waals surface area contributed by atoms with Crippen LogP contribution in [0.25, 0.3) is 0 Å². The molecule has 0 aromatic heterocycles. The summed E-state index contributed by atoms with van der Waals surface area (Å²) in [4.78, 5) is 10.4. The molecule has 0 saturated heterocycles. The lowest BCUT2D eigenvalue weighted by Crippen LogP contribution is -2.13. The van der Waals surface area contributed by atoms with Gasteiger partial charge in [0.2, 0.25) is 0 Å². The van der Waals surface area contributed by atoms with E-state index in [4.69, 9.17) is 0 Å². The molecular formula is C6H9BrO2. The molecule has 0 heterocycles. The second-order valence-corrected chi connectivity index (χ2v) is 2.91. The largest absolute Gasteiger partial charge is 0.461 e. The minimum absolute atomic E-state index is 0.225. The van der Waals surface area contributed by atoms with Crippen LogP contribution < -0.4 is 0 Å². The number of alkyl halides is 1. The Labute approximate surface area is 63.0 Å². The molecule has 1 unspecified atom stereocenters. The maximum absolute atomic E-state index is 10.6. The summed E-state index contributed by atoms with van der Waals surface area (Å²) in [5.74, 6) is -0.255. The topological polar surface area (TPSA) is 26.3 Å². The fraction of sp³-hybridized carbons (Fsp3) is 0.500. The van der Waals surface area contributed by atoms with Crippen molar-refractivity contribution in [2.45, 2.75) is 11.8 Å². The summed E-state index contributed by atoms with van der Waals surface area (Å²) in [6.07, 6.45) is 1.54. The van der Waals surface area contributed by atoms with E-state index >= 15 is 0 Å². The van der Waals surface area contributed by atoms with Gasteiger partial charge in [0.25, 0.3) is 0 Å². The van der Waals surface area contributed by atoms with Crippen molar-refractivity contribution in [3.05, 3.63) is 12.7 Å². The minimum Gasteiger partial charge on any atom is -0.461 e. The first kappa shape index (κ1) is 8.69. The second-order valence-electron chi connectivity index (χ2n) is 1.53. The first-order valence-corrected chi connectivity index (χ1v) is 3.51. The molecule has 0 aromatic carbocycles. The van der Waals surface area contributed by atoms with Crippen LogP contribution in [0.2, 0.25) is 0 Å². The lowest BCUT2D eigenvalue weighted by Gasteiger charge is -2.01. The number of carbonyl (C=O) groups is 1. The fourth-order valence-electron chi connectivity index (χ4n) is 0.256. The normalized spacial score (nSPS) is 12.2. The summed E-state index contributed by atoms with van der Waals surface area (Å²) in [5, 5.41) is 0. The van der Waals surface area contributed by atoms with Crippen molar-refractivity contribution in [1.29, 1.82) is 0 Å². The van der Waals surface area contributed by atoms with E-state index < -0.39 is 0 Å². The molecule has 0 aliphatic rings. The van der Waals surface area contributed by atoms with Crippen molar-refractivity contribution in [3.8, 4) is 0 Å². The van der Waals surface area contributed by atoms with Crippen molar-refractivity contribution in [2.24, 2.45) is 0 Å². The molecule has 0 spiro atoms. The Morgan fingerprint density at radius 3 is 2.89 bits per heavy atom. The van der Waals surface area contributed by atoms with Crippen LogP contribution in [-0.4, -0.2) is 17.4 Å². The lowest BCUT2D eigenvalue weighted by atomic mass is 10.5. The van der Waals surface area contributed by atoms with Crippen LogP contribution in [0.1, 0.15) is 6.92 Å². The molecule has 1 atom stereocenters. The van der Waals surface area contributed by atoms with Crippen LogP contribution in [0.3, 0.4) is 0 Å². The van der Waals surface area contributed by atoms with E-state index in [0.717, 1.165) is 0 Å². The van der Waals surface area contributed by atoms with Crippen molar-refractivity contribution in [2.75, 3.05) is 6.61 Å². The molecule has 0 radical (unpaired) electrons. The highest BCUT2D eigenvalue weighted by Crippen LogP contribution is 1.99. The van der Waals surface area contributed by atoms with Crippen LogP contribution in [0.5, 0.6) is 0 Å². The zero-order chi connectivity index (χ0) is 7.28. The highest BCUT2D eigenvalue weighted by Gasteiger charge is 2.07. The number of esters is 1. The Bertz CT molecular complexity index is 110. The molecule has 0 aliphatic heterocycles. The average molecular weight is 193 g/mol. The third-order valence-corrected chi connectivity index (χ3v) is 1.04. The summed E-state index contributed by atoms with van der Waals surface area (Å²) in [6.45, 7) is 5.40. The van der Waals surface area contributed by atoms with Gasteiger partial charge in [-0.1, -0.05) is 28.6 Å². The van der Waals surface area contributed by atoms with Crippen molar-refractivity contribution < 1.29 is 9.53 Å². The molecule has 0 fully saturated rings. The molecule has 0 aliphatic carbocycles. The van der Waals surface area contributed by atoms with E-state index in [9.17, 15) is 4.79 Å². The predicted octanol–water partition coefficient (Wildman–Crippen LogP) is 1.50. The van der Waals surface area contributed by atoms with E-state index in [-0.39, 0.29) is 17.4 Å². The van der Waals surface area contributed by atoms with E-state index in [1.165, 1.54) is 6.08 Å². The minimum atomic E-state index is -0.255. The molecule has 0 N–H and O–H groups in total. The lowest BCUT2D eigenvalue weighted by molar-refractivity contribution is -0.141. The summed E-state index contributed by atoms with van der Waals surface area (Å²) in [7, 11) is 0. The van der Waals surface area contributed by atoms with E-state index in [1.807, 2.05) is 0 Å². The smallest absolute Gasteiger partial charge is 0.319 e. The molecule has 0 amide bonds. The number of carbonyl (C=O) groups excluding carboxylic acids is 1. The van der Waals surface area contributed by atoms with Gasteiger partial charge in [0.1, 0.15) is 11.4 Å². The summed E-state index contributed by atoms with van der Waals surface area (Å²) < 4.78 is 4.65. The average Bonchev–Trinajstić information content (AvgIpc) is 1.82. The fourth-order valence-corrected chi connectivity index (χ4v) is 0.388. The molecule has 9 heavy (non-hydrogen) atoms. The molecule has 52 valence electrons. The summed E-state index contributed by atoms with van der Waals surface area (Å²) in [6, 6.07) is 0. The molecular weight excluding hydrogens is 184 g/mol. The van der Waals surface area contributed by atoms with Crippen molar-refractivity contribution >= 4 is 21.9 Å². The standard InChI is InChI=1S/C6H9BrO2/c1-3-4-9-6(8)5(2)7/h3,5H,1,4H2,2H3. The van der Waals surface area contributed by atoms with Crippen LogP contribution in [0.15, 0.2) is 12.7 Å². The number of ether oxygens (including phenoxy) is 1. The first-order valence-electron chi connectivity index (χ1n) is 2.60. The Kier molecular flexibility index (Phi) is 4.40. The van der Waals surface area contributed by atoms with Crippen LogP contribution in [0, 0.1) is 0 Å². The molecule has 0 rings (SSSR count). The maximum Gasteiger partial charge on any atom is 0.319 e. The van der Waals surface area contributed by atoms with Gasteiger partial charge in [-0.25, -0.2) is 0 Å². The van der Waals surface area contributed by atoms with Gasteiger partial charge in [0.15, 0.2) is 0 Å². The van der Waals surface area contributed by atoms with Gasteiger partial charge in [-0.2, -0.15) is 0 Å². The maximum atomic E-state index is 10.6. The molecule has 3 heteroatoms. The van der Waals surface area contributed by atoms with Crippen molar-refractivity contribution in [3.63, 3.8) is 0 Å². The SMILES string of the molecule is C=CCOC(=O)C(C)Br. The third kappa shape index (κ3) is 4.21. The van der Waals surface area contributed by atoms with Crippen molar-refractivity contribution in [1.82, 2.24) is 0 Å². The van der Waals surface area contributed by atoms with Gasteiger partial charge in [-0.15, -0.1) is 0 Å². The Balaban J connectivity index is 3.38. The first-order chi connectivity index (χ1) is 4.18. The number of hydrogen-bond donors (Lipinski definition) is 0. The van der Waals surface area contributed by atoms with Crippen LogP contribution in [0.4, 0.5) is 0 Å². The highest BCUT2D eigenvalue weighted by molar-refractivity contribution is 9.10. The number of halogens is 1. The zero-order valence-electron chi connectivity index (χ0n) is 5.26. The number of rotatable bonds is 3. The van der Waals surface area contributed by atoms with Crippen LogP contribution in [-0.2, 0) is 9.53 Å². The molecule has 0 aromatic rings. The van der Waals surface area contributed by atoms with Gasteiger partial charge in [-0.3, -0.25) is 4.79 Å². The van der Waals surface area contributed by atoms with Gasteiger partial charge in [0, 0.05) is 0 Å².